The predicted octanol–water partition coefficient (Wildman–Crippen LogP) is 2.21. The number of rotatable bonds is 5. The molecule has 0 atom stereocenters. The molecule has 7 nitrogen and oxygen atoms in total. The van der Waals surface area contributed by atoms with Crippen LogP contribution in [0.1, 0.15) is 19.2 Å². The van der Waals surface area contributed by atoms with Crippen molar-refractivity contribution < 1.29 is 4.92 Å². The van der Waals surface area contributed by atoms with Crippen molar-refractivity contribution in [3.63, 3.8) is 0 Å². The molecule has 2 aromatic rings. The number of hydrogen-bond acceptors (Lipinski definition) is 6. The zero-order valence-corrected chi connectivity index (χ0v) is 10.5. The summed E-state index contributed by atoms with van der Waals surface area (Å²) in [6, 6.07) is 2.94. The Hall–Kier alpha value is -1.96. The molecule has 0 bridgehead atoms. The standard InChI is InChI=1S/C10H11N5O2S/c1-2-4-8-12-10(14-13-8)18-9-7(15(16)17)5-3-6-11-9/h3,5-6H,2,4H2,1H3,(H,12,13,14). The Bertz CT molecular complexity index is 557. The van der Waals surface area contributed by atoms with Crippen LogP contribution in [0.25, 0.3) is 0 Å². The van der Waals surface area contributed by atoms with Crippen molar-refractivity contribution in [2.24, 2.45) is 0 Å². The summed E-state index contributed by atoms with van der Waals surface area (Å²) in [6.07, 6.45) is 3.27. The molecule has 0 spiro atoms. The molecule has 0 saturated carbocycles. The number of H-pyrrole nitrogens is 1. The number of aromatic nitrogens is 4. The summed E-state index contributed by atoms with van der Waals surface area (Å²) in [7, 11) is 0. The third-order valence-electron chi connectivity index (χ3n) is 2.13. The Morgan fingerprint density at radius 2 is 2.39 bits per heavy atom. The fourth-order valence-electron chi connectivity index (χ4n) is 1.36. The second-order valence-electron chi connectivity index (χ2n) is 3.50. The number of aromatic amines is 1. The maximum absolute atomic E-state index is 10.8. The molecule has 0 unspecified atom stereocenters. The predicted molar refractivity (Wildman–Crippen MR) is 65.4 cm³/mol. The molecule has 2 rings (SSSR count). The second kappa shape index (κ2) is 5.58. The summed E-state index contributed by atoms with van der Waals surface area (Å²) in [4.78, 5) is 18.6. The minimum absolute atomic E-state index is 0.0376. The second-order valence-corrected chi connectivity index (χ2v) is 4.46. The Labute approximate surface area is 107 Å². The molecule has 0 aromatic carbocycles. The largest absolute Gasteiger partial charge is 0.301 e. The monoisotopic (exact) mass is 265 g/mol. The van der Waals surface area contributed by atoms with Crippen LogP contribution < -0.4 is 0 Å². The zero-order valence-electron chi connectivity index (χ0n) is 9.66. The summed E-state index contributed by atoms with van der Waals surface area (Å²) in [5.74, 6) is 0.776. The summed E-state index contributed by atoms with van der Waals surface area (Å²) < 4.78 is 0. The highest BCUT2D eigenvalue weighted by Gasteiger charge is 2.17. The molecule has 0 saturated heterocycles. The van der Waals surface area contributed by atoms with Gasteiger partial charge in [0.2, 0.25) is 5.16 Å². The third-order valence-corrected chi connectivity index (χ3v) is 3.01. The van der Waals surface area contributed by atoms with Crippen molar-refractivity contribution in [2.75, 3.05) is 0 Å². The zero-order chi connectivity index (χ0) is 13.0. The first-order valence-corrected chi connectivity index (χ1v) is 6.21. The van der Waals surface area contributed by atoms with Gasteiger partial charge in [-0.1, -0.05) is 6.92 Å². The molecule has 0 fully saturated rings. The van der Waals surface area contributed by atoms with Gasteiger partial charge < -0.3 is 0 Å². The maximum Gasteiger partial charge on any atom is 0.301 e. The van der Waals surface area contributed by atoms with Gasteiger partial charge in [0.05, 0.1) is 4.92 Å². The number of nitro groups is 1. The molecule has 2 aromatic heterocycles. The van der Waals surface area contributed by atoms with Crippen molar-refractivity contribution in [2.45, 2.75) is 29.9 Å². The van der Waals surface area contributed by atoms with Crippen molar-refractivity contribution >= 4 is 17.4 Å². The van der Waals surface area contributed by atoms with Gasteiger partial charge in [0.1, 0.15) is 5.82 Å². The van der Waals surface area contributed by atoms with E-state index < -0.39 is 4.92 Å². The average molecular weight is 265 g/mol. The molecule has 0 aliphatic heterocycles. The molecule has 8 heteroatoms. The summed E-state index contributed by atoms with van der Waals surface area (Å²) in [6.45, 7) is 2.04. The topological polar surface area (TPSA) is 97.6 Å². The van der Waals surface area contributed by atoms with E-state index in [1.54, 1.807) is 0 Å². The van der Waals surface area contributed by atoms with Crippen LogP contribution in [0.4, 0.5) is 5.69 Å². The van der Waals surface area contributed by atoms with Gasteiger partial charge in [-0.3, -0.25) is 15.2 Å². The van der Waals surface area contributed by atoms with Gasteiger partial charge in [0.15, 0.2) is 5.03 Å². The number of pyridine rings is 1. The maximum atomic E-state index is 10.8. The quantitative estimate of drug-likeness (QED) is 0.657. The number of aryl methyl sites for hydroxylation is 1. The summed E-state index contributed by atoms with van der Waals surface area (Å²) in [5, 5.41) is 18.4. The van der Waals surface area contributed by atoms with Crippen molar-refractivity contribution in [1.29, 1.82) is 0 Å². The van der Waals surface area contributed by atoms with Gasteiger partial charge in [-0.15, -0.1) is 5.10 Å². The highest BCUT2D eigenvalue weighted by Crippen LogP contribution is 2.30. The highest BCUT2D eigenvalue weighted by molar-refractivity contribution is 7.99. The van der Waals surface area contributed by atoms with Crippen LogP contribution >= 0.6 is 11.8 Å². The van der Waals surface area contributed by atoms with Crippen LogP contribution in [-0.4, -0.2) is 25.1 Å². The fraction of sp³-hybridized carbons (Fsp3) is 0.300. The van der Waals surface area contributed by atoms with Crippen LogP contribution in [-0.2, 0) is 6.42 Å². The Morgan fingerprint density at radius 1 is 1.56 bits per heavy atom. The minimum Gasteiger partial charge on any atom is -0.262 e. The summed E-state index contributed by atoms with van der Waals surface area (Å²) in [5.41, 5.74) is -0.0376. The van der Waals surface area contributed by atoms with Gasteiger partial charge >= 0.3 is 5.69 Å². The molecule has 94 valence electrons. The van der Waals surface area contributed by atoms with Gasteiger partial charge in [-0.2, -0.15) is 0 Å². The number of hydrogen-bond donors (Lipinski definition) is 1. The lowest BCUT2D eigenvalue weighted by Gasteiger charge is -1.97. The molecule has 0 radical (unpaired) electrons. The lowest BCUT2D eigenvalue weighted by atomic mass is 10.3. The van der Waals surface area contributed by atoms with Crippen LogP contribution in [0, 0.1) is 10.1 Å². The SMILES string of the molecule is CCCc1nc(Sc2ncccc2[N+](=O)[O-])n[nH]1. The molecule has 1 N–H and O–H groups in total. The van der Waals surface area contributed by atoms with Gasteiger partial charge in [0.25, 0.3) is 0 Å². The lowest BCUT2D eigenvalue weighted by Crippen LogP contribution is -1.93. The lowest BCUT2D eigenvalue weighted by molar-refractivity contribution is -0.388. The van der Waals surface area contributed by atoms with E-state index in [1.165, 1.54) is 18.3 Å². The molecular weight excluding hydrogens is 254 g/mol. The molecular formula is C10H11N5O2S. The van der Waals surface area contributed by atoms with E-state index in [0.717, 1.165) is 30.4 Å². The van der Waals surface area contributed by atoms with E-state index in [9.17, 15) is 10.1 Å². The van der Waals surface area contributed by atoms with Crippen molar-refractivity contribution in [1.82, 2.24) is 20.2 Å². The average Bonchev–Trinajstić information content (AvgIpc) is 2.77. The number of nitrogens with zero attached hydrogens (tertiary/aromatic N) is 4. The molecule has 18 heavy (non-hydrogen) atoms. The van der Waals surface area contributed by atoms with E-state index in [2.05, 4.69) is 20.2 Å². The Balaban J connectivity index is 2.20. The molecule has 2 heterocycles. The highest BCUT2D eigenvalue weighted by atomic mass is 32.2. The van der Waals surface area contributed by atoms with Crippen molar-refractivity contribution in [3.8, 4) is 0 Å². The van der Waals surface area contributed by atoms with Gasteiger partial charge in [-0.05, 0) is 24.2 Å². The van der Waals surface area contributed by atoms with E-state index in [1.807, 2.05) is 6.92 Å². The Kier molecular flexibility index (Phi) is 3.88. The van der Waals surface area contributed by atoms with Crippen molar-refractivity contribution in [3.05, 3.63) is 34.3 Å². The Morgan fingerprint density at radius 3 is 3.11 bits per heavy atom. The van der Waals surface area contributed by atoms with Gasteiger partial charge in [-0.25, -0.2) is 9.97 Å². The first-order chi connectivity index (χ1) is 8.70. The first-order valence-electron chi connectivity index (χ1n) is 5.39. The van der Waals surface area contributed by atoms with Gasteiger partial charge in [0, 0.05) is 18.7 Å². The minimum atomic E-state index is -0.463. The van der Waals surface area contributed by atoms with E-state index in [-0.39, 0.29) is 5.69 Å². The first kappa shape index (κ1) is 12.5. The van der Waals surface area contributed by atoms with Crippen LogP contribution in [0.5, 0.6) is 0 Å². The number of nitrogens with one attached hydrogen (secondary N) is 1. The van der Waals surface area contributed by atoms with E-state index >= 15 is 0 Å². The normalized spacial score (nSPS) is 10.5. The summed E-state index contributed by atoms with van der Waals surface area (Å²) >= 11 is 1.08. The van der Waals surface area contributed by atoms with Crippen LogP contribution in [0.15, 0.2) is 28.5 Å². The van der Waals surface area contributed by atoms with E-state index in [0.29, 0.717) is 10.2 Å². The van der Waals surface area contributed by atoms with Crippen LogP contribution in [0.3, 0.4) is 0 Å². The molecule has 0 aliphatic carbocycles. The third kappa shape index (κ3) is 2.83. The molecule has 0 amide bonds. The van der Waals surface area contributed by atoms with Crippen LogP contribution in [0.2, 0.25) is 0 Å². The molecule has 0 aliphatic rings. The van der Waals surface area contributed by atoms with E-state index in [4.69, 9.17) is 0 Å². The smallest absolute Gasteiger partial charge is 0.262 e. The fourth-order valence-corrected chi connectivity index (χ4v) is 2.14.